The third kappa shape index (κ3) is 0.911. The van der Waals surface area contributed by atoms with E-state index in [4.69, 9.17) is 9.15 Å². The molecule has 1 aromatic heterocycles. The molecule has 0 amide bonds. The number of aryl methyl sites for hydroxylation is 1. The summed E-state index contributed by atoms with van der Waals surface area (Å²) >= 11 is 0. The van der Waals surface area contributed by atoms with Crippen LogP contribution in [-0.4, -0.2) is 6.10 Å². The smallest absolute Gasteiger partial charge is 0.120 e. The van der Waals surface area contributed by atoms with E-state index in [1.165, 1.54) is 5.56 Å². The van der Waals surface area contributed by atoms with E-state index in [1.807, 2.05) is 13.0 Å². The van der Waals surface area contributed by atoms with Crippen molar-refractivity contribution in [2.24, 2.45) is 0 Å². The minimum atomic E-state index is -0.0637. The molecule has 66 valence electrons. The van der Waals surface area contributed by atoms with Crippen LogP contribution in [-0.2, 0) is 10.3 Å². The molecule has 0 aliphatic carbocycles. The number of hydrogen-bond acceptors (Lipinski definition) is 2. The summed E-state index contributed by atoms with van der Waals surface area (Å²) in [7, 11) is 0. The average molecular weight is 166 g/mol. The van der Waals surface area contributed by atoms with E-state index in [-0.39, 0.29) is 5.60 Å². The molecule has 0 radical (unpaired) electrons. The van der Waals surface area contributed by atoms with Crippen molar-refractivity contribution in [2.75, 3.05) is 0 Å². The van der Waals surface area contributed by atoms with Crippen molar-refractivity contribution in [3.8, 4) is 0 Å². The highest BCUT2D eigenvalue weighted by Gasteiger charge is 2.53. The summed E-state index contributed by atoms with van der Waals surface area (Å²) in [6.07, 6.45) is 3.18. The molecule has 1 aliphatic heterocycles. The van der Waals surface area contributed by atoms with Gasteiger partial charge in [0.25, 0.3) is 0 Å². The number of furan rings is 1. The minimum absolute atomic E-state index is 0.0637. The Morgan fingerprint density at radius 3 is 2.75 bits per heavy atom. The molecule has 2 heterocycles. The lowest BCUT2D eigenvalue weighted by Gasteiger charge is -2.02. The molecule has 12 heavy (non-hydrogen) atoms. The van der Waals surface area contributed by atoms with Gasteiger partial charge < -0.3 is 9.15 Å². The summed E-state index contributed by atoms with van der Waals surface area (Å²) in [6, 6.07) is 2.00. The molecular weight excluding hydrogens is 152 g/mol. The van der Waals surface area contributed by atoms with Gasteiger partial charge in [0.2, 0.25) is 0 Å². The third-order valence-corrected chi connectivity index (χ3v) is 2.71. The zero-order valence-corrected chi connectivity index (χ0v) is 7.76. The van der Waals surface area contributed by atoms with Gasteiger partial charge in [0.05, 0.1) is 12.4 Å². The predicted octanol–water partition coefficient (Wildman–Crippen LogP) is 2.61. The first-order chi connectivity index (χ1) is 5.68. The van der Waals surface area contributed by atoms with E-state index in [2.05, 4.69) is 13.8 Å². The van der Waals surface area contributed by atoms with Gasteiger partial charge in [-0.25, -0.2) is 0 Å². The van der Waals surface area contributed by atoms with Crippen LogP contribution < -0.4 is 0 Å². The normalized spacial score (nSPS) is 33.8. The van der Waals surface area contributed by atoms with Crippen LogP contribution in [0, 0.1) is 6.92 Å². The number of rotatable bonds is 2. The fraction of sp³-hybridized carbons (Fsp3) is 0.600. The first-order valence-electron chi connectivity index (χ1n) is 4.41. The average Bonchev–Trinajstić information content (AvgIpc) is 2.50. The van der Waals surface area contributed by atoms with Crippen molar-refractivity contribution in [3.63, 3.8) is 0 Å². The Balaban J connectivity index is 2.27. The van der Waals surface area contributed by atoms with Crippen molar-refractivity contribution in [1.29, 1.82) is 0 Å². The van der Waals surface area contributed by atoms with Crippen molar-refractivity contribution in [2.45, 2.75) is 38.9 Å². The summed E-state index contributed by atoms with van der Waals surface area (Å²) in [4.78, 5) is 0. The molecule has 0 aromatic carbocycles. The van der Waals surface area contributed by atoms with Crippen LogP contribution >= 0.6 is 0 Å². The molecule has 0 spiro atoms. The SMILES string of the molecule is CCC1OC1(C)c1ccoc1C. The van der Waals surface area contributed by atoms with Crippen LogP contribution in [0.5, 0.6) is 0 Å². The maximum absolute atomic E-state index is 5.62. The van der Waals surface area contributed by atoms with E-state index in [0.717, 1.165) is 12.2 Å². The zero-order valence-electron chi connectivity index (χ0n) is 7.76. The summed E-state index contributed by atoms with van der Waals surface area (Å²) in [6.45, 7) is 6.25. The second-order valence-corrected chi connectivity index (χ2v) is 3.51. The molecule has 1 aliphatic rings. The Morgan fingerprint density at radius 1 is 1.58 bits per heavy atom. The van der Waals surface area contributed by atoms with Crippen LogP contribution in [0.1, 0.15) is 31.6 Å². The molecule has 1 saturated heterocycles. The number of epoxide rings is 1. The lowest BCUT2D eigenvalue weighted by atomic mass is 9.97. The highest BCUT2D eigenvalue weighted by molar-refractivity contribution is 5.29. The van der Waals surface area contributed by atoms with Gasteiger partial charge in [-0.2, -0.15) is 0 Å². The van der Waals surface area contributed by atoms with Gasteiger partial charge in [-0.05, 0) is 26.3 Å². The molecule has 2 rings (SSSR count). The molecule has 1 aromatic rings. The van der Waals surface area contributed by atoms with Gasteiger partial charge in [0.15, 0.2) is 0 Å². The second kappa shape index (κ2) is 2.36. The van der Waals surface area contributed by atoms with Crippen LogP contribution in [0.15, 0.2) is 16.7 Å². The molecule has 2 heteroatoms. The Morgan fingerprint density at radius 2 is 2.33 bits per heavy atom. The number of ether oxygens (including phenoxy) is 1. The van der Waals surface area contributed by atoms with E-state index in [0.29, 0.717) is 6.10 Å². The van der Waals surface area contributed by atoms with Gasteiger partial charge in [-0.15, -0.1) is 0 Å². The van der Waals surface area contributed by atoms with E-state index >= 15 is 0 Å². The standard InChI is InChI=1S/C10H14O2/c1-4-9-10(3,12-9)8-5-6-11-7(8)2/h5-6,9H,4H2,1-3H3. The van der Waals surface area contributed by atoms with Crippen LogP contribution in [0.4, 0.5) is 0 Å². The zero-order chi connectivity index (χ0) is 8.77. The fourth-order valence-corrected chi connectivity index (χ4v) is 1.87. The Bertz CT molecular complexity index is 290. The Hall–Kier alpha value is -0.760. The van der Waals surface area contributed by atoms with Gasteiger partial charge >= 0.3 is 0 Å². The predicted molar refractivity (Wildman–Crippen MR) is 46.0 cm³/mol. The van der Waals surface area contributed by atoms with Gasteiger partial charge in [0, 0.05) is 5.56 Å². The lowest BCUT2D eigenvalue weighted by molar-refractivity contribution is 0.308. The summed E-state index contributed by atoms with van der Waals surface area (Å²) in [5.41, 5.74) is 1.14. The summed E-state index contributed by atoms with van der Waals surface area (Å²) in [5, 5.41) is 0. The molecule has 0 N–H and O–H groups in total. The van der Waals surface area contributed by atoms with E-state index in [9.17, 15) is 0 Å². The molecule has 2 nitrogen and oxygen atoms in total. The molecular formula is C10H14O2. The molecule has 0 saturated carbocycles. The van der Waals surface area contributed by atoms with E-state index in [1.54, 1.807) is 6.26 Å². The topological polar surface area (TPSA) is 25.7 Å². The van der Waals surface area contributed by atoms with Crippen molar-refractivity contribution in [1.82, 2.24) is 0 Å². The van der Waals surface area contributed by atoms with Crippen LogP contribution in [0.25, 0.3) is 0 Å². The molecule has 2 unspecified atom stereocenters. The first kappa shape index (κ1) is 7.87. The second-order valence-electron chi connectivity index (χ2n) is 3.51. The van der Waals surface area contributed by atoms with Gasteiger partial charge in [-0.1, -0.05) is 6.92 Å². The molecule has 1 fully saturated rings. The quantitative estimate of drug-likeness (QED) is 0.631. The summed E-state index contributed by atoms with van der Waals surface area (Å²) < 4.78 is 10.9. The van der Waals surface area contributed by atoms with Gasteiger partial charge in [0.1, 0.15) is 11.4 Å². The maximum atomic E-state index is 5.62. The van der Waals surface area contributed by atoms with Crippen molar-refractivity contribution in [3.05, 3.63) is 23.7 Å². The summed E-state index contributed by atoms with van der Waals surface area (Å²) in [5.74, 6) is 0.980. The third-order valence-electron chi connectivity index (χ3n) is 2.71. The van der Waals surface area contributed by atoms with Gasteiger partial charge in [-0.3, -0.25) is 0 Å². The highest BCUT2D eigenvalue weighted by atomic mass is 16.6. The molecule has 2 atom stereocenters. The molecule has 0 bridgehead atoms. The highest BCUT2D eigenvalue weighted by Crippen LogP contribution is 2.48. The maximum Gasteiger partial charge on any atom is 0.120 e. The van der Waals surface area contributed by atoms with E-state index < -0.39 is 0 Å². The monoisotopic (exact) mass is 166 g/mol. The fourth-order valence-electron chi connectivity index (χ4n) is 1.87. The van der Waals surface area contributed by atoms with Crippen molar-refractivity contribution >= 4 is 0 Å². The number of hydrogen-bond donors (Lipinski definition) is 0. The van der Waals surface area contributed by atoms with Crippen LogP contribution in [0.2, 0.25) is 0 Å². The Labute approximate surface area is 72.5 Å². The minimum Gasteiger partial charge on any atom is -0.469 e. The Kier molecular flexibility index (Phi) is 1.55. The first-order valence-corrected chi connectivity index (χ1v) is 4.41. The lowest BCUT2D eigenvalue weighted by Crippen LogP contribution is -2.06. The van der Waals surface area contributed by atoms with Crippen LogP contribution in [0.3, 0.4) is 0 Å². The van der Waals surface area contributed by atoms with Crippen molar-refractivity contribution < 1.29 is 9.15 Å². The largest absolute Gasteiger partial charge is 0.469 e.